The van der Waals surface area contributed by atoms with Crippen LogP contribution in [0.25, 0.3) is 0 Å². The monoisotopic (exact) mass is 476 g/mol. The van der Waals surface area contributed by atoms with Gasteiger partial charge in [0.25, 0.3) is 10.0 Å². The van der Waals surface area contributed by atoms with Crippen LogP contribution in [0.2, 0.25) is 10.0 Å². The van der Waals surface area contributed by atoms with Crippen LogP contribution in [0.5, 0.6) is 0 Å². The molecule has 31 heavy (non-hydrogen) atoms. The summed E-state index contributed by atoms with van der Waals surface area (Å²) in [6.07, 6.45) is 0. The van der Waals surface area contributed by atoms with E-state index in [1.165, 1.54) is 30.3 Å². The van der Waals surface area contributed by atoms with E-state index in [4.69, 9.17) is 23.2 Å². The molecule has 3 aromatic rings. The number of sulfonamides is 1. The Hall–Kier alpha value is -2.54. The Balaban J connectivity index is 1.81. The highest BCUT2D eigenvalue weighted by atomic mass is 35.5. The first kappa shape index (κ1) is 23.1. The molecule has 3 rings (SSSR count). The third-order valence-electron chi connectivity index (χ3n) is 4.76. The number of carbonyl (C=O) groups is 1. The Morgan fingerprint density at radius 3 is 2.26 bits per heavy atom. The summed E-state index contributed by atoms with van der Waals surface area (Å²) in [5, 5.41) is 3.61. The van der Waals surface area contributed by atoms with Gasteiger partial charge in [-0.05, 0) is 53.9 Å². The van der Waals surface area contributed by atoms with Crippen molar-refractivity contribution in [3.63, 3.8) is 0 Å². The van der Waals surface area contributed by atoms with E-state index in [0.29, 0.717) is 22.3 Å². The van der Waals surface area contributed by atoms with E-state index in [1.54, 1.807) is 18.2 Å². The Kier molecular flexibility index (Phi) is 7.59. The van der Waals surface area contributed by atoms with Gasteiger partial charge < -0.3 is 5.32 Å². The Morgan fingerprint density at radius 2 is 1.61 bits per heavy atom. The molecular formula is C23H22Cl2N2O3S. The van der Waals surface area contributed by atoms with Crippen LogP contribution in [0.4, 0.5) is 5.69 Å². The van der Waals surface area contributed by atoms with Crippen molar-refractivity contribution in [3.8, 4) is 0 Å². The van der Waals surface area contributed by atoms with E-state index in [-0.39, 0.29) is 17.4 Å². The second-order valence-corrected chi connectivity index (χ2v) is 9.80. The standard InChI is InChI=1S/C23H22Cl2N2O3S/c1-17(18-6-3-2-4-7-18)15-26-23(28)16-27(21-9-5-8-20(25)14-21)31(29,30)22-12-10-19(24)11-13-22/h2-14,17H,15-16H2,1H3,(H,26,28)/t17-/m0/s1. The summed E-state index contributed by atoms with van der Waals surface area (Å²) in [5.74, 6) is -0.335. The fraction of sp³-hybridized carbons (Fsp3) is 0.174. The van der Waals surface area contributed by atoms with Gasteiger partial charge in [-0.3, -0.25) is 9.10 Å². The summed E-state index contributed by atoms with van der Waals surface area (Å²) in [7, 11) is -4.02. The van der Waals surface area contributed by atoms with Crippen molar-refractivity contribution in [1.29, 1.82) is 0 Å². The highest BCUT2D eigenvalue weighted by Crippen LogP contribution is 2.26. The Labute approximate surface area is 192 Å². The molecule has 0 unspecified atom stereocenters. The van der Waals surface area contributed by atoms with E-state index in [2.05, 4.69) is 5.32 Å². The summed E-state index contributed by atoms with van der Waals surface area (Å²) in [6, 6.07) is 22.0. The van der Waals surface area contributed by atoms with Crippen molar-refractivity contribution >= 4 is 44.8 Å². The summed E-state index contributed by atoms with van der Waals surface area (Å²) >= 11 is 12.0. The van der Waals surface area contributed by atoms with Gasteiger partial charge in [-0.15, -0.1) is 0 Å². The second-order valence-electron chi connectivity index (χ2n) is 7.06. The lowest BCUT2D eigenvalue weighted by atomic mass is 10.0. The van der Waals surface area contributed by atoms with Crippen LogP contribution in [0.3, 0.4) is 0 Å². The van der Waals surface area contributed by atoms with Crippen LogP contribution in [-0.4, -0.2) is 27.4 Å². The van der Waals surface area contributed by atoms with Gasteiger partial charge in [-0.1, -0.05) is 66.5 Å². The van der Waals surface area contributed by atoms with Crippen LogP contribution in [0.15, 0.2) is 83.8 Å². The lowest BCUT2D eigenvalue weighted by molar-refractivity contribution is -0.119. The molecule has 3 aromatic carbocycles. The quantitative estimate of drug-likeness (QED) is 0.491. The van der Waals surface area contributed by atoms with E-state index in [0.717, 1.165) is 9.87 Å². The summed E-state index contributed by atoms with van der Waals surface area (Å²) < 4.78 is 27.7. The predicted molar refractivity (Wildman–Crippen MR) is 125 cm³/mol. The van der Waals surface area contributed by atoms with Crippen molar-refractivity contribution < 1.29 is 13.2 Å². The molecule has 1 N–H and O–H groups in total. The average Bonchev–Trinajstić information content (AvgIpc) is 2.76. The zero-order valence-corrected chi connectivity index (χ0v) is 19.2. The molecule has 8 heteroatoms. The molecule has 0 fully saturated rings. The molecule has 1 atom stereocenters. The maximum atomic E-state index is 13.3. The van der Waals surface area contributed by atoms with Crippen LogP contribution >= 0.6 is 23.2 Å². The number of anilines is 1. The van der Waals surface area contributed by atoms with Crippen molar-refractivity contribution in [2.24, 2.45) is 0 Å². The first-order chi connectivity index (χ1) is 14.8. The molecule has 0 heterocycles. The van der Waals surface area contributed by atoms with Crippen LogP contribution in [0, 0.1) is 0 Å². The molecule has 0 aliphatic carbocycles. The smallest absolute Gasteiger partial charge is 0.264 e. The molecule has 0 spiro atoms. The zero-order valence-electron chi connectivity index (χ0n) is 16.8. The maximum Gasteiger partial charge on any atom is 0.264 e. The number of carbonyl (C=O) groups excluding carboxylic acids is 1. The van der Waals surface area contributed by atoms with E-state index in [9.17, 15) is 13.2 Å². The largest absolute Gasteiger partial charge is 0.354 e. The van der Waals surface area contributed by atoms with Gasteiger partial charge in [-0.2, -0.15) is 0 Å². The molecule has 5 nitrogen and oxygen atoms in total. The average molecular weight is 477 g/mol. The summed E-state index contributed by atoms with van der Waals surface area (Å²) in [6.45, 7) is 1.99. The number of nitrogens with one attached hydrogen (secondary N) is 1. The van der Waals surface area contributed by atoms with Gasteiger partial charge in [0, 0.05) is 16.6 Å². The summed E-state index contributed by atoms with van der Waals surface area (Å²) in [4.78, 5) is 12.7. The zero-order chi connectivity index (χ0) is 22.4. The molecule has 0 aromatic heterocycles. The van der Waals surface area contributed by atoms with Gasteiger partial charge in [0.1, 0.15) is 6.54 Å². The van der Waals surface area contributed by atoms with Gasteiger partial charge in [0.2, 0.25) is 5.91 Å². The number of benzene rings is 3. The van der Waals surface area contributed by atoms with E-state index < -0.39 is 15.9 Å². The molecule has 1 amide bonds. The molecule has 0 aliphatic rings. The van der Waals surface area contributed by atoms with Crippen molar-refractivity contribution in [2.75, 3.05) is 17.4 Å². The molecule has 162 valence electrons. The first-order valence-electron chi connectivity index (χ1n) is 9.63. The molecule has 0 saturated carbocycles. The van der Waals surface area contributed by atoms with Crippen molar-refractivity contribution in [2.45, 2.75) is 17.7 Å². The summed E-state index contributed by atoms with van der Waals surface area (Å²) in [5.41, 5.74) is 1.39. The molecule has 0 radical (unpaired) electrons. The number of amides is 1. The number of rotatable bonds is 8. The third kappa shape index (κ3) is 6.00. The predicted octanol–water partition coefficient (Wildman–Crippen LogP) is 5.11. The molecule has 0 saturated heterocycles. The second kappa shape index (κ2) is 10.2. The maximum absolute atomic E-state index is 13.3. The molecule has 0 bridgehead atoms. The third-order valence-corrected chi connectivity index (χ3v) is 7.03. The minimum Gasteiger partial charge on any atom is -0.354 e. The minimum atomic E-state index is -4.02. The fourth-order valence-corrected chi connectivity index (χ4v) is 4.76. The van der Waals surface area contributed by atoms with Crippen LogP contribution < -0.4 is 9.62 Å². The van der Waals surface area contributed by atoms with E-state index >= 15 is 0 Å². The topological polar surface area (TPSA) is 66.5 Å². The minimum absolute atomic E-state index is 0.0299. The van der Waals surface area contributed by atoms with Crippen molar-refractivity contribution in [3.05, 3.63) is 94.5 Å². The van der Waals surface area contributed by atoms with Crippen molar-refractivity contribution in [1.82, 2.24) is 5.32 Å². The Morgan fingerprint density at radius 1 is 0.935 bits per heavy atom. The van der Waals surface area contributed by atoms with Gasteiger partial charge in [-0.25, -0.2) is 8.42 Å². The van der Waals surface area contributed by atoms with Gasteiger partial charge >= 0.3 is 0 Å². The van der Waals surface area contributed by atoms with Crippen LogP contribution in [0.1, 0.15) is 18.4 Å². The highest BCUT2D eigenvalue weighted by molar-refractivity contribution is 7.92. The van der Waals surface area contributed by atoms with Gasteiger partial charge in [0.05, 0.1) is 10.6 Å². The normalized spacial score (nSPS) is 12.2. The number of hydrogen-bond acceptors (Lipinski definition) is 3. The van der Waals surface area contributed by atoms with E-state index in [1.807, 2.05) is 37.3 Å². The lowest BCUT2D eigenvalue weighted by Gasteiger charge is -2.24. The lowest BCUT2D eigenvalue weighted by Crippen LogP contribution is -2.41. The number of nitrogens with zero attached hydrogens (tertiary/aromatic N) is 1. The first-order valence-corrected chi connectivity index (χ1v) is 11.8. The molecule has 0 aliphatic heterocycles. The Bertz CT molecular complexity index is 1140. The molecular weight excluding hydrogens is 455 g/mol. The SMILES string of the molecule is C[C@@H](CNC(=O)CN(c1cccc(Cl)c1)S(=O)(=O)c1ccc(Cl)cc1)c1ccccc1. The van der Waals surface area contributed by atoms with Crippen LogP contribution in [-0.2, 0) is 14.8 Å². The van der Waals surface area contributed by atoms with Gasteiger partial charge in [0.15, 0.2) is 0 Å². The number of halogens is 2. The number of hydrogen-bond donors (Lipinski definition) is 1. The highest BCUT2D eigenvalue weighted by Gasteiger charge is 2.27. The fourth-order valence-electron chi connectivity index (χ4n) is 3.03.